The van der Waals surface area contributed by atoms with Crippen molar-refractivity contribution in [3.05, 3.63) is 60.7 Å². The van der Waals surface area contributed by atoms with Crippen LogP contribution in [0.15, 0.2) is 70.6 Å². The molecule has 3 rings (SSSR count). The molecule has 7 heteroatoms. The van der Waals surface area contributed by atoms with Gasteiger partial charge in [0.05, 0.1) is 17.2 Å². The quantitative estimate of drug-likeness (QED) is 0.595. The Labute approximate surface area is 167 Å². The highest BCUT2D eigenvalue weighted by Gasteiger charge is 2.20. The summed E-state index contributed by atoms with van der Waals surface area (Å²) in [6.45, 7) is 6.56. The van der Waals surface area contributed by atoms with E-state index in [1.807, 2.05) is 19.1 Å². The highest BCUT2D eigenvalue weighted by molar-refractivity contribution is 7.91. The Balaban J connectivity index is 1.59. The van der Waals surface area contributed by atoms with E-state index in [0.29, 0.717) is 4.90 Å². The number of piperazine rings is 1. The van der Waals surface area contributed by atoms with E-state index >= 15 is 0 Å². The highest BCUT2D eigenvalue weighted by atomic mass is 32.2. The number of guanidine groups is 1. The Kier molecular flexibility index (Phi) is 6.92. The minimum absolute atomic E-state index is 0.00981. The summed E-state index contributed by atoms with van der Waals surface area (Å²) >= 11 is 0. The van der Waals surface area contributed by atoms with Gasteiger partial charge in [0.15, 0.2) is 15.8 Å². The summed E-state index contributed by atoms with van der Waals surface area (Å²) < 4.78 is 24.9. The number of nitrogens with zero attached hydrogens (tertiary/aromatic N) is 3. The van der Waals surface area contributed by atoms with Crippen molar-refractivity contribution in [2.75, 3.05) is 49.9 Å². The fourth-order valence-electron chi connectivity index (χ4n) is 3.26. The van der Waals surface area contributed by atoms with Crippen molar-refractivity contribution in [3.63, 3.8) is 0 Å². The first-order valence-electron chi connectivity index (χ1n) is 9.71. The van der Waals surface area contributed by atoms with Gasteiger partial charge in [-0.25, -0.2) is 8.42 Å². The van der Waals surface area contributed by atoms with Gasteiger partial charge < -0.3 is 15.1 Å². The zero-order valence-corrected chi connectivity index (χ0v) is 17.1. The minimum atomic E-state index is -3.31. The first kappa shape index (κ1) is 20.2. The maximum Gasteiger partial charge on any atom is 0.194 e. The monoisotopic (exact) mass is 400 g/mol. The van der Waals surface area contributed by atoms with Crippen molar-refractivity contribution in [2.24, 2.45) is 4.99 Å². The van der Waals surface area contributed by atoms with E-state index < -0.39 is 9.84 Å². The Morgan fingerprint density at radius 3 is 2.18 bits per heavy atom. The Morgan fingerprint density at radius 1 is 0.964 bits per heavy atom. The van der Waals surface area contributed by atoms with E-state index in [0.717, 1.165) is 38.7 Å². The van der Waals surface area contributed by atoms with Gasteiger partial charge >= 0.3 is 0 Å². The number of anilines is 1. The van der Waals surface area contributed by atoms with Crippen LogP contribution in [-0.4, -0.2) is 64.3 Å². The molecule has 1 saturated heterocycles. The molecule has 1 heterocycles. The van der Waals surface area contributed by atoms with Gasteiger partial charge in [-0.15, -0.1) is 0 Å². The molecule has 1 N–H and O–H groups in total. The summed E-state index contributed by atoms with van der Waals surface area (Å²) in [7, 11) is -3.31. The SMILES string of the molecule is CCNC(=NCCS(=O)(=O)c1ccccc1)N1CCN(c2ccccc2)CC1. The Morgan fingerprint density at radius 2 is 1.57 bits per heavy atom. The zero-order valence-electron chi connectivity index (χ0n) is 16.3. The predicted octanol–water partition coefficient (Wildman–Crippen LogP) is 2.25. The minimum Gasteiger partial charge on any atom is -0.368 e. The van der Waals surface area contributed by atoms with E-state index in [1.165, 1.54) is 5.69 Å². The predicted molar refractivity (Wildman–Crippen MR) is 115 cm³/mol. The highest BCUT2D eigenvalue weighted by Crippen LogP contribution is 2.15. The summed E-state index contributed by atoms with van der Waals surface area (Å²) in [5.41, 5.74) is 1.23. The lowest BCUT2D eigenvalue weighted by Gasteiger charge is -2.37. The van der Waals surface area contributed by atoms with Crippen LogP contribution >= 0.6 is 0 Å². The van der Waals surface area contributed by atoms with E-state index in [2.05, 4.69) is 44.4 Å². The van der Waals surface area contributed by atoms with Gasteiger partial charge in [-0.3, -0.25) is 4.99 Å². The van der Waals surface area contributed by atoms with Crippen LogP contribution in [0.1, 0.15) is 6.92 Å². The number of sulfone groups is 1. The van der Waals surface area contributed by atoms with Crippen molar-refractivity contribution in [2.45, 2.75) is 11.8 Å². The van der Waals surface area contributed by atoms with Gasteiger partial charge in [0.25, 0.3) is 0 Å². The number of hydrogen-bond donors (Lipinski definition) is 1. The molecule has 0 saturated carbocycles. The van der Waals surface area contributed by atoms with Crippen molar-refractivity contribution in [1.82, 2.24) is 10.2 Å². The van der Waals surface area contributed by atoms with Gasteiger partial charge in [-0.2, -0.15) is 0 Å². The summed E-state index contributed by atoms with van der Waals surface area (Å²) in [4.78, 5) is 9.50. The van der Waals surface area contributed by atoms with Crippen LogP contribution in [-0.2, 0) is 9.84 Å². The van der Waals surface area contributed by atoms with Crippen LogP contribution in [0.5, 0.6) is 0 Å². The number of nitrogens with one attached hydrogen (secondary N) is 1. The molecule has 0 radical (unpaired) electrons. The first-order valence-corrected chi connectivity index (χ1v) is 11.4. The number of benzene rings is 2. The molecule has 28 heavy (non-hydrogen) atoms. The van der Waals surface area contributed by atoms with E-state index in [-0.39, 0.29) is 12.3 Å². The topological polar surface area (TPSA) is 65.0 Å². The summed E-state index contributed by atoms with van der Waals surface area (Å²) in [5, 5.41) is 3.30. The van der Waals surface area contributed by atoms with Crippen LogP contribution < -0.4 is 10.2 Å². The normalized spacial score (nSPS) is 15.5. The second-order valence-corrected chi connectivity index (χ2v) is 8.79. The molecule has 2 aromatic rings. The van der Waals surface area contributed by atoms with E-state index in [1.54, 1.807) is 24.3 Å². The number of para-hydroxylation sites is 1. The second kappa shape index (κ2) is 9.59. The molecule has 1 fully saturated rings. The third-order valence-corrected chi connectivity index (χ3v) is 6.47. The molecule has 0 unspecified atom stereocenters. The van der Waals surface area contributed by atoms with Crippen molar-refractivity contribution < 1.29 is 8.42 Å². The van der Waals surface area contributed by atoms with Gasteiger partial charge in [0, 0.05) is 38.4 Å². The molecule has 0 aromatic heterocycles. The smallest absolute Gasteiger partial charge is 0.194 e. The molecule has 0 atom stereocenters. The fraction of sp³-hybridized carbons (Fsp3) is 0.381. The largest absolute Gasteiger partial charge is 0.368 e. The van der Waals surface area contributed by atoms with Crippen LogP contribution in [0.2, 0.25) is 0 Å². The lowest BCUT2D eigenvalue weighted by molar-refractivity contribution is 0.373. The van der Waals surface area contributed by atoms with Crippen LogP contribution in [0.4, 0.5) is 5.69 Å². The fourth-order valence-corrected chi connectivity index (χ4v) is 4.40. The molecule has 6 nitrogen and oxygen atoms in total. The summed E-state index contributed by atoms with van der Waals surface area (Å²) in [6, 6.07) is 19.0. The molecule has 0 spiro atoms. The maximum absolute atomic E-state index is 12.4. The molecule has 0 bridgehead atoms. The molecule has 2 aromatic carbocycles. The van der Waals surface area contributed by atoms with Crippen molar-refractivity contribution in [3.8, 4) is 0 Å². The third kappa shape index (κ3) is 5.25. The lowest BCUT2D eigenvalue weighted by Crippen LogP contribution is -2.52. The average molecular weight is 401 g/mol. The Hall–Kier alpha value is -2.54. The van der Waals surface area contributed by atoms with Crippen molar-refractivity contribution >= 4 is 21.5 Å². The first-order chi connectivity index (χ1) is 13.6. The molecule has 0 aliphatic carbocycles. The van der Waals surface area contributed by atoms with Crippen LogP contribution in [0, 0.1) is 0 Å². The van der Waals surface area contributed by atoms with Crippen molar-refractivity contribution in [1.29, 1.82) is 0 Å². The summed E-state index contributed by atoms with van der Waals surface area (Å²) in [5.74, 6) is 0.800. The number of hydrogen-bond acceptors (Lipinski definition) is 4. The van der Waals surface area contributed by atoms with Gasteiger partial charge in [0.1, 0.15) is 0 Å². The average Bonchev–Trinajstić information content (AvgIpc) is 2.74. The maximum atomic E-state index is 12.4. The number of rotatable bonds is 6. The number of aliphatic imine (C=N–C) groups is 1. The third-order valence-electron chi connectivity index (χ3n) is 4.76. The molecular formula is C21H28N4O2S. The van der Waals surface area contributed by atoms with E-state index in [4.69, 9.17) is 0 Å². The molecule has 150 valence electrons. The Bertz CT molecular complexity index is 862. The lowest BCUT2D eigenvalue weighted by atomic mass is 10.2. The molecule has 1 aliphatic rings. The van der Waals surface area contributed by atoms with Gasteiger partial charge in [-0.05, 0) is 31.2 Å². The van der Waals surface area contributed by atoms with Gasteiger partial charge in [0.2, 0.25) is 0 Å². The molecular weight excluding hydrogens is 372 g/mol. The van der Waals surface area contributed by atoms with Crippen LogP contribution in [0.3, 0.4) is 0 Å². The van der Waals surface area contributed by atoms with Gasteiger partial charge in [-0.1, -0.05) is 36.4 Å². The van der Waals surface area contributed by atoms with E-state index in [9.17, 15) is 8.42 Å². The standard InChI is InChI=1S/C21H28N4O2S/c1-2-22-21(23-13-18-28(26,27)20-11-7-4-8-12-20)25-16-14-24(15-17-25)19-9-5-3-6-10-19/h3-12H,2,13-18H2,1H3,(H,22,23). The zero-order chi connectivity index (χ0) is 19.8. The molecule has 0 amide bonds. The van der Waals surface area contributed by atoms with Crippen LogP contribution in [0.25, 0.3) is 0 Å². The molecule has 1 aliphatic heterocycles. The second-order valence-electron chi connectivity index (χ2n) is 6.68. The summed E-state index contributed by atoms with van der Waals surface area (Å²) in [6.07, 6.45) is 0.